The average Bonchev–Trinajstić information content (AvgIpc) is 2.82. The van der Waals surface area contributed by atoms with Crippen molar-refractivity contribution in [2.45, 2.75) is 6.92 Å². The number of aromatic nitrogens is 1. The van der Waals surface area contributed by atoms with E-state index in [0.717, 1.165) is 34.6 Å². The van der Waals surface area contributed by atoms with Crippen molar-refractivity contribution >= 4 is 28.4 Å². The minimum atomic E-state index is -1.21. The summed E-state index contributed by atoms with van der Waals surface area (Å²) in [4.78, 5) is 24.5. The predicted molar refractivity (Wildman–Crippen MR) is 72.9 cm³/mol. The smallest absolute Gasteiger partial charge is 0.340 e. The molecule has 1 aromatic heterocycles. The van der Waals surface area contributed by atoms with Crippen molar-refractivity contribution in [1.29, 1.82) is 0 Å². The molecule has 0 saturated carbocycles. The summed E-state index contributed by atoms with van der Waals surface area (Å²) in [6, 6.07) is 2.74. The van der Waals surface area contributed by atoms with E-state index in [1.807, 2.05) is 0 Å². The minimum absolute atomic E-state index is 0.0845. The maximum absolute atomic E-state index is 13.2. The van der Waals surface area contributed by atoms with Gasteiger partial charge in [-0.15, -0.1) is 0 Å². The van der Waals surface area contributed by atoms with Crippen molar-refractivity contribution < 1.29 is 23.5 Å². The van der Waals surface area contributed by atoms with Crippen molar-refractivity contribution in [3.63, 3.8) is 0 Å². The monoisotopic (exact) mass is 312 g/mol. The first-order valence-corrected chi connectivity index (χ1v) is 6.53. The van der Waals surface area contributed by atoms with Crippen LogP contribution in [0.4, 0.5) is 13.8 Å². The van der Waals surface area contributed by atoms with Crippen LogP contribution in [0.25, 0.3) is 0 Å². The van der Waals surface area contributed by atoms with Gasteiger partial charge in [-0.1, -0.05) is 0 Å². The number of carbonyl (C=O) groups excluding carboxylic acids is 1. The fourth-order valence-electron chi connectivity index (χ4n) is 1.75. The lowest BCUT2D eigenvalue weighted by molar-refractivity contribution is 0.0697. The van der Waals surface area contributed by atoms with Crippen LogP contribution in [0.3, 0.4) is 0 Å². The van der Waals surface area contributed by atoms with Gasteiger partial charge in [-0.25, -0.2) is 13.6 Å². The highest BCUT2D eigenvalue weighted by Gasteiger charge is 2.25. The summed E-state index contributed by atoms with van der Waals surface area (Å²) >= 11 is 0.849. The first kappa shape index (κ1) is 15.0. The van der Waals surface area contributed by atoms with E-state index in [1.165, 1.54) is 14.0 Å². The Bertz CT molecular complexity index is 730. The van der Waals surface area contributed by atoms with E-state index < -0.39 is 23.5 Å². The number of carboxylic acids is 1. The number of nitrogens with zero attached hydrogens (tertiary/aromatic N) is 2. The van der Waals surface area contributed by atoms with Crippen molar-refractivity contribution in [1.82, 2.24) is 4.37 Å². The van der Waals surface area contributed by atoms with Gasteiger partial charge in [0.15, 0.2) is 11.6 Å². The quantitative estimate of drug-likeness (QED) is 0.946. The molecule has 0 atom stereocenters. The molecule has 1 heterocycles. The van der Waals surface area contributed by atoms with Crippen LogP contribution in [-0.2, 0) is 0 Å². The van der Waals surface area contributed by atoms with E-state index in [-0.39, 0.29) is 21.8 Å². The molecular formula is C13H10F2N2O3S. The summed E-state index contributed by atoms with van der Waals surface area (Å²) < 4.78 is 29.9. The molecule has 0 fully saturated rings. The lowest BCUT2D eigenvalue weighted by atomic mass is 10.2. The maximum Gasteiger partial charge on any atom is 0.340 e. The van der Waals surface area contributed by atoms with Crippen LogP contribution in [-0.4, -0.2) is 28.4 Å². The van der Waals surface area contributed by atoms with Crippen molar-refractivity contribution in [3.05, 3.63) is 46.7 Å². The van der Waals surface area contributed by atoms with Crippen LogP contribution in [0.15, 0.2) is 18.2 Å². The maximum atomic E-state index is 13.2. The Morgan fingerprint density at radius 2 is 1.95 bits per heavy atom. The zero-order valence-corrected chi connectivity index (χ0v) is 11.9. The van der Waals surface area contributed by atoms with Crippen molar-refractivity contribution in [2.24, 2.45) is 0 Å². The molecule has 0 aliphatic heterocycles. The standard InChI is InChI=1S/C13H10F2N2O3S/c1-6-10(13(19)20)12(21-16-6)17(2)11(18)7-3-4-8(14)9(15)5-7/h3-5H,1-2H3,(H,19,20). The Kier molecular flexibility index (Phi) is 3.99. The van der Waals surface area contributed by atoms with Gasteiger partial charge >= 0.3 is 5.97 Å². The molecule has 1 amide bonds. The summed E-state index contributed by atoms with van der Waals surface area (Å²) in [6.07, 6.45) is 0. The van der Waals surface area contributed by atoms with E-state index in [0.29, 0.717) is 0 Å². The van der Waals surface area contributed by atoms with Crippen LogP contribution >= 0.6 is 11.5 Å². The Morgan fingerprint density at radius 1 is 1.29 bits per heavy atom. The third-order valence-electron chi connectivity index (χ3n) is 2.83. The first-order valence-electron chi connectivity index (χ1n) is 5.75. The molecule has 0 spiro atoms. The van der Waals surface area contributed by atoms with Crippen molar-refractivity contribution in [2.75, 3.05) is 11.9 Å². The molecule has 110 valence electrons. The zero-order chi connectivity index (χ0) is 15.7. The lowest BCUT2D eigenvalue weighted by Crippen LogP contribution is -2.27. The van der Waals surface area contributed by atoms with E-state index in [1.54, 1.807) is 0 Å². The molecule has 0 radical (unpaired) electrons. The summed E-state index contributed by atoms with van der Waals surface area (Å²) in [6.45, 7) is 1.51. The average molecular weight is 312 g/mol. The Labute approximate surface area is 122 Å². The second kappa shape index (κ2) is 5.57. The molecule has 1 aromatic carbocycles. The van der Waals surface area contributed by atoms with Gasteiger partial charge in [0.25, 0.3) is 5.91 Å². The molecule has 0 saturated heterocycles. The highest BCUT2D eigenvalue weighted by atomic mass is 32.1. The van der Waals surface area contributed by atoms with Gasteiger partial charge in [-0.05, 0) is 36.7 Å². The molecule has 0 bridgehead atoms. The molecular weight excluding hydrogens is 302 g/mol. The number of carbonyl (C=O) groups is 2. The number of aryl methyl sites for hydroxylation is 1. The van der Waals surface area contributed by atoms with Crippen molar-refractivity contribution in [3.8, 4) is 0 Å². The molecule has 0 unspecified atom stereocenters. The summed E-state index contributed by atoms with van der Waals surface area (Å²) in [5.74, 6) is -4.07. The molecule has 5 nitrogen and oxygen atoms in total. The number of hydrogen-bond donors (Lipinski definition) is 1. The summed E-state index contributed by atoms with van der Waals surface area (Å²) in [5.41, 5.74) is 0.115. The van der Waals surface area contributed by atoms with Crippen LogP contribution in [0.1, 0.15) is 26.4 Å². The highest BCUT2D eigenvalue weighted by Crippen LogP contribution is 2.29. The number of anilines is 1. The van der Waals surface area contributed by atoms with Gasteiger partial charge in [0, 0.05) is 12.6 Å². The molecule has 2 aromatic rings. The first-order chi connectivity index (χ1) is 9.82. The number of aromatic carboxylic acids is 1. The van der Waals surface area contributed by atoms with Crippen LogP contribution in [0.5, 0.6) is 0 Å². The number of benzene rings is 1. The van der Waals surface area contributed by atoms with Gasteiger partial charge < -0.3 is 10.0 Å². The van der Waals surface area contributed by atoms with Gasteiger partial charge in [0.2, 0.25) is 0 Å². The van der Waals surface area contributed by atoms with E-state index in [2.05, 4.69) is 4.37 Å². The SMILES string of the molecule is Cc1nsc(N(C)C(=O)c2ccc(F)c(F)c2)c1C(=O)O. The topological polar surface area (TPSA) is 70.5 Å². The second-order valence-corrected chi connectivity index (χ2v) is 5.00. The fraction of sp³-hybridized carbons (Fsp3) is 0.154. The largest absolute Gasteiger partial charge is 0.478 e. The summed E-state index contributed by atoms with van der Waals surface area (Å²) in [5, 5.41) is 9.27. The molecule has 8 heteroatoms. The normalized spacial score (nSPS) is 10.5. The van der Waals surface area contributed by atoms with E-state index in [9.17, 15) is 18.4 Å². The Morgan fingerprint density at radius 3 is 2.52 bits per heavy atom. The van der Waals surface area contributed by atoms with Gasteiger partial charge in [-0.3, -0.25) is 4.79 Å². The van der Waals surface area contributed by atoms with Gasteiger partial charge in [0.05, 0.1) is 5.69 Å². The highest BCUT2D eigenvalue weighted by molar-refractivity contribution is 7.11. The number of hydrogen-bond acceptors (Lipinski definition) is 4. The number of amides is 1. The third kappa shape index (κ3) is 2.75. The molecule has 2 rings (SSSR count). The van der Waals surface area contributed by atoms with Crippen LogP contribution < -0.4 is 4.90 Å². The molecule has 21 heavy (non-hydrogen) atoms. The Balaban J connectivity index is 2.40. The predicted octanol–water partition coefficient (Wildman–Crippen LogP) is 2.70. The van der Waals surface area contributed by atoms with E-state index in [4.69, 9.17) is 5.11 Å². The molecule has 1 N–H and O–H groups in total. The van der Waals surface area contributed by atoms with Crippen LogP contribution in [0.2, 0.25) is 0 Å². The molecule has 0 aliphatic rings. The second-order valence-electron chi connectivity index (χ2n) is 4.25. The number of rotatable bonds is 3. The molecule has 0 aliphatic carbocycles. The summed E-state index contributed by atoms with van der Waals surface area (Å²) in [7, 11) is 1.35. The van der Waals surface area contributed by atoms with E-state index >= 15 is 0 Å². The number of carboxylic acid groups (broad SMARTS) is 1. The van der Waals surface area contributed by atoms with Gasteiger partial charge in [-0.2, -0.15) is 4.37 Å². The third-order valence-corrected chi connectivity index (χ3v) is 3.85. The lowest BCUT2D eigenvalue weighted by Gasteiger charge is -2.16. The minimum Gasteiger partial charge on any atom is -0.478 e. The number of halogens is 2. The Hall–Kier alpha value is -2.35. The van der Waals surface area contributed by atoms with Gasteiger partial charge in [0.1, 0.15) is 10.6 Å². The zero-order valence-electron chi connectivity index (χ0n) is 11.1. The fourth-order valence-corrected chi connectivity index (χ4v) is 2.59. The van der Waals surface area contributed by atoms with Crippen LogP contribution in [0, 0.1) is 18.6 Å².